The number of rotatable bonds is 22. The van der Waals surface area contributed by atoms with E-state index in [1.807, 2.05) is 55.4 Å². The van der Waals surface area contributed by atoms with Crippen LogP contribution in [0, 0.1) is 41.4 Å². The number of fused-ring (bicyclic) bond motifs is 1. The molecule has 1 aliphatic rings. The van der Waals surface area contributed by atoms with Crippen LogP contribution in [0.25, 0.3) is 11.0 Å². The molecule has 2 heterocycles. The van der Waals surface area contributed by atoms with E-state index in [9.17, 15) is 53.1 Å². The zero-order chi connectivity index (χ0) is 81.1. The van der Waals surface area contributed by atoms with E-state index < -0.39 is 186 Å². The molecule has 0 spiro atoms. The molecule has 14 amide bonds. The highest BCUT2D eigenvalue weighted by Crippen LogP contribution is 2.27. The van der Waals surface area contributed by atoms with Crippen molar-refractivity contribution in [2.24, 2.45) is 47.2 Å². The van der Waals surface area contributed by atoms with E-state index in [1.165, 1.54) is 106 Å². The van der Waals surface area contributed by atoms with Crippen molar-refractivity contribution >= 4 is 119 Å². The summed E-state index contributed by atoms with van der Waals surface area (Å²) in [5, 5.41) is 28.7. The summed E-state index contributed by atoms with van der Waals surface area (Å²) in [6.07, 6.45) is -1.55. The van der Waals surface area contributed by atoms with Crippen LogP contribution in [0.1, 0.15) is 159 Å². The second-order valence-electron chi connectivity index (χ2n) is 30.8. The average molecular weight is 1530 g/mol. The largest absolute Gasteiger partial charge is 0.390 e. The summed E-state index contributed by atoms with van der Waals surface area (Å²) in [7, 11) is 9.63. The van der Waals surface area contributed by atoms with Gasteiger partial charge in [-0.1, -0.05) is 96.9 Å². The first-order valence-corrected chi connectivity index (χ1v) is 37.8. The van der Waals surface area contributed by atoms with Gasteiger partial charge in [-0.05, 0) is 106 Å². The molecule has 0 bridgehead atoms. The number of benzene rings is 1. The highest BCUT2D eigenvalue weighted by molar-refractivity contribution is 7.80. The standard InChI is InChI=1S/C73H122N16O15S2/c1-24-46-69(100)83(17)33-56(90)84(18)51(27-36(2)3)66(97)82-57(40(10)11)72(103)85(19)52(28-37(4)5)65(96)75-43(15)62(93)76-44(16)68(99)86(20)53(29-38(6)7)70(101)87(21)54(30-39(8)9)71(102)88(22)58(41(12)13)73(104)89(23)59(67(98)79-46)60(91)42(14)31-55-77-47-26-25-45(32-48(47)78-55)63(94)81-50(35-106)64(95)80-49(34-105)61(74)92/h25-26,32,36-44,46,49-54,57-60,91,105-106H,24,27-31,33-35H2,1-23H3,(H2,74,92)(H,75,96)(H,76,93)(H,77,78)(H,79,98)(H,80,95)(H,81,94)(H,82,97). The van der Waals surface area contributed by atoms with Crippen LogP contribution in [0.2, 0.25) is 0 Å². The zero-order valence-corrected chi connectivity index (χ0v) is 68.1. The van der Waals surface area contributed by atoms with Crippen LogP contribution in [0.15, 0.2) is 18.2 Å². The maximum absolute atomic E-state index is 15.6. The molecule has 0 aliphatic carbocycles. The molecule has 10 N–H and O–H groups in total. The third kappa shape index (κ3) is 24.7. The van der Waals surface area contributed by atoms with Crippen molar-refractivity contribution in [3.05, 3.63) is 29.6 Å². The first-order chi connectivity index (χ1) is 49.2. The lowest BCUT2D eigenvalue weighted by Crippen LogP contribution is -2.63. The van der Waals surface area contributed by atoms with Gasteiger partial charge in [0.25, 0.3) is 5.91 Å². The van der Waals surface area contributed by atoms with E-state index in [0.29, 0.717) is 11.0 Å². The van der Waals surface area contributed by atoms with E-state index in [0.717, 1.165) is 9.80 Å². The number of aromatic nitrogens is 2. The Hall–Kier alpha value is -8.07. The van der Waals surface area contributed by atoms with Crippen LogP contribution in [-0.2, 0) is 68.7 Å². The van der Waals surface area contributed by atoms with E-state index in [4.69, 9.17) is 5.73 Å². The third-order valence-corrected chi connectivity index (χ3v) is 20.0. The molecule has 0 saturated carbocycles. The normalized spacial score (nSPS) is 24.3. The van der Waals surface area contributed by atoms with E-state index in [2.05, 4.69) is 67.1 Å². The molecule has 1 saturated heterocycles. The summed E-state index contributed by atoms with van der Waals surface area (Å²) < 4.78 is 0. The number of nitrogens with zero attached hydrogens (tertiary/aromatic N) is 8. The van der Waals surface area contributed by atoms with Gasteiger partial charge in [-0.25, -0.2) is 4.98 Å². The zero-order valence-electron chi connectivity index (χ0n) is 66.4. The van der Waals surface area contributed by atoms with Crippen molar-refractivity contribution in [3.63, 3.8) is 0 Å². The van der Waals surface area contributed by atoms with Gasteiger partial charge in [0, 0.05) is 72.8 Å². The monoisotopic (exact) mass is 1530 g/mol. The molecule has 14 atom stereocenters. The van der Waals surface area contributed by atoms with Gasteiger partial charge >= 0.3 is 0 Å². The van der Waals surface area contributed by atoms with Gasteiger partial charge in [0.15, 0.2) is 0 Å². The number of hydrogen-bond donors (Lipinski definition) is 11. The molecular formula is C73H122N16O15S2. The fourth-order valence-electron chi connectivity index (χ4n) is 12.8. The first kappa shape index (κ1) is 92.1. The minimum Gasteiger partial charge on any atom is -0.390 e. The Morgan fingerprint density at radius 1 is 0.547 bits per heavy atom. The smallest absolute Gasteiger partial charge is 0.252 e. The molecule has 106 heavy (non-hydrogen) atoms. The molecule has 1 aromatic carbocycles. The average Bonchev–Trinajstić information content (AvgIpc) is 1.06. The number of thiol groups is 2. The number of hydrogen-bond acceptors (Lipinski definition) is 18. The summed E-state index contributed by atoms with van der Waals surface area (Å²) >= 11 is 8.28. The molecule has 3 rings (SSSR count). The molecule has 0 radical (unpaired) electrons. The Balaban J connectivity index is 2.32. The molecular weight excluding hydrogens is 1410 g/mol. The summed E-state index contributed by atoms with van der Waals surface area (Å²) in [6.45, 7) is 26.9. The number of primary amides is 1. The number of imidazole rings is 1. The van der Waals surface area contributed by atoms with Gasteiger partial charge in [-0.15, -0.1) is 0 Å². The number of nitrogens with two attached hydrogens (primary N) is 1. The molecule has 31 nitrogen and oxygen atoms in total. The molecule has 14 unspecified atom stereocenters. The number of H-pyrrole nitrogens is 1. The molecule has 2 aromatic rings. The highest BCUT2D eigenvalue weighted by atomic mass is 32.1. The van der Waals surface area contributed by atoms with Crippen LogP contribution in [0.5, 0.6) is 0 Å². The van der Waals surface area contributed by atoms with Gasteiger partial charge < -0.3 is 82.0 Å². The van der Waals surface area contributed by atoms with Crippen LogP contribution in [-0.4, -0.2) is 278 Å². The van der Waals surface area contributed by atoms with Crippen LogP contribution < -0.4 is 37.6 Å². The molecule has 33 heteroatoms. The number of amides is 14. The van der Waals surface area contributed by atoms with Crippen molar-refractivity contribution < 1.29 is 72.2 Å². The number of aliphatic hydroxyl groups excluding tert-OH is 1. The lowest BCUT2D eigenvalue weighted by atomic mass is 9.91. The quantitative estimate of drug-likeness (QED) is 0.0741. The summed E-state index contributed by atoms with van der Waals surface area (Å²) in [5.41, 5.74) is 6.21. The Labute approximate surface area is 636 Å². The Morgan fingerprint density at radius 3 is 1.51 bits per heavy atom. The maximum Gasteiger partial charge on any atom is 0.252 e. The molecule has 1 aromatic heterocycles. The first-order valence-electron chi connectivity index (χ1n) is 36.5. The second kappa shape index (κ2) is 41.3. The number of aliphatic hydroxyl groups is 1. The van der Waals surface area contributed by atoms with Gasteiger partial charge in [0.2, 0.25) is 76.8 Å². The number of nitrogens with one attached hydrogen (secondary N) is 7. The number of carbonyl (C=O) groups excluding carboxylic acids is 14. The van der Waals surface area contributed by atoms with Crippen molar-refractivity contribution in [2.45, 2.75) is 228 Å². The number of carbonyl (C=O) groups is 14. The number of aromatic amines is 1. The van der Waals surface area contributed by atoms with Crippen molar-refractivity contribution in [1.29, 1.82) is 0 Å². The van der Waals surface area contributed by atoms with Gasteiger partial charge in [0.1, 0.15) is 78.3 Å². The fraction of sp³-hybridized carbons (Fsp3) is 0.712. The van der Waals surface area contributed by atoms with E-state index in [-0.39, 0.29) is 85.1 Å². The van der Waals surface area contributed by atoms with Gasteiger partial charge in [-0.3, -0.25) is 67.1 Å². The van der Waals surface area contributed by atoms with E-state index in [1.54, 1.807) is 41.5 Å². The molecule has 1 fully saturated rings. The fourth-order valence-corrected chi connectivity index (χ4v) is 13.4. The SMILES string of the molecule is CCC1NC(=O)C(C(O)C(C)Cc2nc3ccc(C(=O)NC(CS)C(=O)NC(CS)C(N)=O)cc3[nH]2)N(C)C(=O)C(C(C)C)N(C)C(=O)C(CC(C)C)N(C)C(=O)C(CC(C)C)N(C)C(=O)C(C)NC(=O)C(C)NC(=O)C(CC(C)C)N(C)C(=O)C(C(C)C)NC(=O)C(CC(C)C)N(C)C(=O)CN(C)C1=O. The lowest BCUT2D eigenvalue weighted by molar-refractivity contribution is -0.157. The molecule has 1 aliphatic heterocycles. The topological polar surface area (TPSA) is 409 Å². The lowest BCUT2D eigenvalue weighted by Gasteiger charge is -2.41. The Kier molecular flexibility index (Phi) is 35.9. The second-order valence-corrected chi connectivity index (χ2v) is 31.5. The van der Waals surface area contributed by atoms with Crippen molar-refractivity contribution in [3.8, 4) is 0 Å². The minimum absolute atomic E-state index is 0.0722. The molecule has 596 valence electrons. The summed E-state index contributed by atoms with van der Waals surface area (Å²) in [6, 6.07) is -11.1. The highest BCUT2D eigenvalue weighted by Gasteiger charge is 2.46. The Morgan fingerprint density at radius 2 is 1.02 bits per heavy atom. The van der Waals surface area contributed by atoms with Crippen LogP contribution >= 0.6 is 25.3 Å². The summed E-state index contributed by atoms with van der Waals surface area (Å²) in [4.78, 5) is 217. The number of likely N-dealkylation sites (N-methyl/N-ethyl adjacent to an activating group) is 7. The summed E-state index contributed by atoms with van der Waals surface area (Å²) in [5.74, 6) is -13.4. The predicted octanol–water partition coefficient (Wildman–Crippen LogP) is 1.35. The predicted molar refractivity (Wildman–Crippen MR) is 409 cm³/mol. The van der Waals surface area contributed by atoms with Crippen LogP contribution in [0.4, 0.5) is 0 Å². The van der Waals surface area contributed by atoms with E-state index >= 15 is 19.2 Å². The van der Waals surface area contributed by atoms with Crippen molar-refractivity contribution in [1.82, 2.24) is 76.2 Å². The van der Waals surface area contributed by atoms with Crippen LogP contribution in [0.3, 0.4) is 0 Å². The Bertz CT molecular complexity index is 3440. The van der Waals surface area contributed by atoms with Gasteiger partial charge in [0.05, 0.1) is 23.7 Å². The van der Waals surface area contributed by atoms with Crippen molar-refractivity contribution in [2.75, 3.05) is 67.4 Å². The third-order valence-electron chi connectivity index (χ3n) is 19.3. The minimum atomic E-state index is -1.83. The van der Waals surface area contributed by atoms with Gasteiger partial charge in [-0.2, -0.15) is 25.3 Å². The maximum atomic E-state index is 15.6.